The number of rotatable bonds is 4. The van der Waals surface area contributed by atoms with Gasteiger partial charge < -0.3 is 10.1 Å². The van der Waals surface area contributed by atoms with E-state index in [9.17, 15) is 4.79 Å². The van der Waals surface area contributed by atoms with E-state index >= 15 is 0 Å². The third kappa shape index (κ3) is 2.72. The first kappa shape index (κ1) is 15.3. The maximum absolute atomic E-state index is 12.3. The van der Waals surface area contributed by atoms with Crippen molar-refractivity contribution in [2.75, 3.05) is 20.2 Å². The molecule has 3 aliphatic rings. The fourth-order valence-corrected chi connectivity index (χ4v) is 5.15. The molecule has 0 amide bonds. The number of carbonyl (C=O) groups excluding carboxylic acids is 1. The van der Waals surface area contributed by atoms with E-state index in [1.165, 1.54) is 45.8 Å². The molecule has 1 aliphatic heterocycles. The summed E-state index contributed by atoms with van der Waals surface area (Å²) in [7, 11) is 1.52. The van der Waals surface area contributed by atoms with Crippen LogP contribution in [-0.4, -0.2) is 48.7 Å². The van der Waals surface area contributed by atoms with Crippen molar-refractivity contribution in [1.82, 2.24) is 10.2 Å². The van der Waals surface area contributed by atoms with Gasteiger partial charge in [0.15, 0.2) is 0 Å². The van der Waals surface area contributed by atoms with Gasteiger partial charge in [-0.05, 0) is 57.5 Å². The van der Waals surface area contributed by atoms with Crippen LogP contribution >= 0.6 is 0 Å². The van der Waals surface area contributed by atoms with Crippen LogP contribution in [0.3, 0.4) is 0 Å². The first-order valence-electron chi connectivity index (χ1n) is 8.79. The Morgan fingerprint density at radius 2 is 2.10 bits per heavy atom. The number of carbonyl (C=O) groups is 1. The number of likely N-dealkylation sites (N-methyl/N-ethyl adjacent to an activating group) is 1. The third-order valence-electron chi connectivity index (χ3n) is 6.10. The van der Waals surface area contributed by atoms with E-state index in [4.69, 9.17) is 4.74 Å². The molecule has 4 heteroatoms. The number of nitrogens with zero attached hydrogens (tertiary/aromatic N) is 1. The van der Waals surface area contributed by atoms with Gasteiger partial charge in [-0.2, -0.15) is 0 Å². The van der Waals surface area contributed by atoms with Gasteiger partial charge in [0.2, 0.25) is 0 Å². The van der Waals surface area contributed by atoms with Crippen LogP contribution in [0.2, 0.25) is 0 Å². The van der Waals surface area contributed by atoms with E-state index in [0.29, 0.717) is 6.04 Å². The van der Waals surface area contributed by atoms with E-state index < -0.39 is 5.54 Å². The Kier molecular flexibility index (Phi) is 4.55. The Balaban J connectivity index is 1.69. The van der Waals surface area contributed by atoms with Gasteiger partial charge in [-0.1, -0.05) is 19.8 Å². The second kappa shape index (κ2) is 6.25. The van der Waals surface area contributed by atoms with E-state index in [-0.39, 0.29) is 5.97 Å². The molecule has 1 saturated heterocycles. The number of fused-ring (bicyclic) bond motifs is 1. The number of hydrogen-bond donors (Lipinski definition) is 1. The predicted octanol–water partition coefficient (Wildman–Crippen LogP) is 2.32. The molecule has 4 atom stereocenters. The molecular formula is C17H30N2O2. The molecule has 4 nitrogen and oxygen atoms in total. The summed E-state index contributed by atoms with van der Waals surface area (Å²) in [6.45, 7) is 4.14. The van der Waals surface area contributed by atoms with Crippen LogP contribution in [0, 0.1) is 5.92 Å². The molecule has 0 aromatic rings. The van der Waals surface area contributed by atoms with Crippen molar-refractivity contribution in [3.8, 4) is 0 Å². The molecule has 120 valence electrons. The highest BCUT2D eigenvalue weighted by Crippen LogP contribution is 2.42. The van der Waals surface area contributed by atoms with Crippen LogP contribution < -0.4 is 5.32 Å². The lowest BCUT2D eigenvalue weighted by atomic mass is 9.85. The normalized spacial score (nSPS) is 40.2. The lowest BCUT2D eigenvalue weighted by Crippen LogP contribution is -2.52. The fourth-order valence-electron chi connectivity index (χ4n) is 5.15. The predicted molar refractivity (Wildman–Crippen MR) is 83.1 cm³/mol. The Hall–Kier alpha value is -0.610. The van der Waals surface area contributed by atoms with Crippen molar-refractivity contribution in [2.45, 2.75) is 75.9 Å². The Morgan fingerprint density at radius 3 is 2.86 bits per heavy atom. The lowest BCUT2D eigenvalue weighted by Gasteiger charge is -2.36. The maximum Gasteiger partial charge on any atom is 0.326 e. The van der Waals surface area contributed by atoms with Crippen molar-refractivity contribution in [2.24, 2.45) is 5.92 Å². The molecule has 21 heavy (non-hydrogen) atoms. The smallest absolute Gasteiger partial charge is 0.326 e. The summed E-state index contributed by atoms with van der Waals surface area (Å²) >= 11 is 0. The van der Waals surface area contributed by atoms with E-state index in [1.54, 1.807) is 0 Å². The summed E-state index contributed by atoms with van der Waals surface area (Å²) in [6, 6.07) is 1.36. The highest BCUT2D eigenvalue weighted by atomic mass is 16.5. The number of esters is 1. The monoisotopic (exact) mass is 294 g/mol. The molecule has 4 unspecified atom stereocenters. The van der Waals surface area contributed by atoms with Crippen molar-refractivity contribution in [3.05, 3.63) is 0 Å². The molecule has 0 aromatic carbocycles. The van der Waals surface area contributed by atoms with Crippen molar-refractivity contribution in [1.29, 1.82) is 0 Å². The molecule has 2 aliphatic carbocycles. The lowest BCUT2D eigenvalue weighted by molar-refractivity contribution is -0.148. The second-order valence-electron chi connectivity index (χ2n) is 7.14. The van der Waals surface area contributed by atoms with Crippen LogP contribution in [-0.2, 0) is 9.53 Å². The van der Waals surface area contributed by atoms with Crippen LogP contribution in [0.4, 0.5) is 0 Å². The van der Waals surface area contributed by atoms with E-state index in [1.807, 2.05) is 0 Å². The number of hydrogen-bond acceptors (Lipinski definition) is 4. The third-order valence-corrected chi connectivity index (χ3v) is 6.10. The quantitative estimate of drug-likeness (QED) is 0.808. The molecular weight excluding hydrogens is 264 g/mol. The number of likely N-dealkylation sites (tertiary alicyclic amines) is 1. The van der Waals surface area contributed by atoms with E-state index in [0.717, 1.165) is 37.8 Å². The van der Waals surface area contributed by atoms with Crippen LogP contribution in [0.1, 0.15) is 58.3 Å². The Bertz CT molecular complexity index is 387. The average Bonchev–Trinajstić information content (AvgIpc) is 3.11. The summed E-state index contributed by atoms with van der Waals surface area (Å²) in [5.41, 5.74) is -0.430. The average molecular weight is 294 g/mol. The second-order valence-corrected chi connectivity index (χ2v) is 7.14. The fraction of sp³-hybridized carbons (Fsp3) is 0.941. The molecule has 0 bridgehead atoms. The minimum Gasteiger partial charge on any atom is -0.468 e. The SMILES string of the molecule is CCNC1(C(=O)OC)CCC(N2CCC3CCCCC32)C1. The summed E-state index contributed by atoms with van der Waals surface area (Å²) in [5.74, 6) is 0.859. The molecule has 0 spiro atoms. The molecule has 0 aromatic heterocycles. The van der Waals surface area contributed by atoms with Gasteiger partial charge in [0.1, 0.15) is 5.54 Å². The van der Waals surface area contributed by atoms with Crippen LogP contribution in [0.25, 0.3) is 0 Å². The summed E-state index contributed by atoms with van der Waals surface area (Å²) in [5, 5.41) is 3.43. The Labute approximate surface area is 128 Å². The first-order chi connectivity index (χ1) is 10.2. The zero-order chi connectivity index (χ0) is 14.9. The number of methoxy groups -OCH3 is 1. The summed E-state index contributed by atoms with van der Waals surface area (Å²) in [4.78, 5) is 15.0. The van der Waals surface area contributed by atoms with Crippen LogP contribution in [0.5, 0.6) is 0 Å². The molecule has 1 heterocycles. The van der Waals surface area contributed by atoms with Gasteiger partial charge in [-0.3, -0.25) is 9.69 Å². The highest BCUT2D eigenvalue weighted by molar-refractivity contribution is 5.81. The maximum atomic E-state index is 12.3. The van der Waals surface area contributed by atoms with Crippen molar-refractivity contribution >= 4 is 5.97 Å². The van der Waals surface area contributed by atoms with Crippen LogP contribution in [0.15, 0.2) is 0 Å². The first-order valence-corrected chi connectivity index (χ1v) is 8.79. The van der Waals surface area contributed by atoms with Gasteiger partial charge in [0.05, 0.1) is 7.11 Å². The molecule has 3 rings (SSSR count). The van der Waals surface area contributed by atoms with Crippen molar-refractivity contribution < 1.29 is 9.53 Å². The van der Waals surface area contributed by atoms with Crippen molar-refractivity contribution in [3.63, 3.8) is 0 Å². The minimum absolute atomic E-state index is 0.0637. The number of nitrogens with one attached hydrogen (secondary N) is 1. The molecule has 3 fully saturated rings. The summed E-state index contributed by atoms with van der Waals surface area (Å²) in [6.07, 6.45) is 9.95. The highest BCUT2D eigenvalue weighted by Gasteiger charge is 2.50. The summed E-state index contributed by atoms with van der Waals surface area (Å²) < 4.78 is 5.09. The van der Waals surface area contributed by atoms with Gasteiger partial charge in [0.25, 0.3) is 0 Å². The zero-order valence-electron chi connectivity index (χ0n) is 13.6. The van der Waals surface area contributed by atoms with Gasteiger partial charge in [0, 0.05) is 12.1 Å². The van der Waals surface area contributed by atoms with Gasteiger partial charge >= 0.3 is 5.97 Å². The largest absolute Gasteiger partial charge is 0.468 e. The van der Waals surface area contributed by atoms with E-state index in [2.05, 4.69) is 17.1 Å². The minimum atomic E-state index is -0.430. The molecule has 2 saturated carbocycles. The molecule has 1 N–H and O–H groups in total. The topological polar surface area (TPSA) is 41.6 Å². The Morgan fingerprint density at radius 1 is 1.29 bits per heavy atom. The zero-order valence-corrected chi connectivity index (χ0v) is 13.6. The molecule has 0 radical (unpaired) electrons. The van der Waals surface area contributed by atoms with Gasteiger partial charge in [-0.15, -0.1) is 0 Å². The van der Waals surface area contributed by atoms with Gasteiger partial charge in [-0.25, -0.2) is 0 Å². The standard InChI is InChI=1S/C17H30N2O2/c1-3-18-17(16(20)21-2)10-8-14(12-17)19-11-9-13-6-4-5-7-15(13)19/h13-15,18H,3-12H2,1-2H3. The number of ether oxygens (including phenoxy) is 1.